The third-order valence-corrected chi connectivity index (χ3v) is 5.49. The highest BCUT2D eigenvalue weighted by Crippen LogP contribution is 2.57. The first-order valence-electron chi connectivity index (χ1n) is 9.02. The fourth-order valence-electron chi connectivity index (χ4n) is 4.14. The van der Waals surface area contributed by atoms with Gasteiger partial charge in [-0.05, 0) is 55.5 Å². The highest BCUT2D eigenvalue weighted by Gasteiger charge is 2.67. The Morgan fingerprint density at radius 2 is 2.07 bits per heavy atom. The van der Waals surface area contributed by atoms with E-state index < -0.39 is 30.1 Å². The molecular formula is C20H20F3N3O. The van der Waals surface area contributed by atoms with Gasteiger partial charge in [0.25, 0.3) is 0 Å². The molecule has 27 heavy (non-hydrogen) atoms. The minimum atomic E-state index is -4.24. The molecule has 2 aromatic rings. The number of fused-ring (bicyclic) bond motifs is 1. The minimum absolute atomic E-state index is 0.360. The van der Waals surface area contributed by atoms with Crippen molar-refractivity contribution in [1.29, 1.82) is 0 Å². The number of nitrogens with zero attached hydrogens (tertiary/aromatic N) is 2. The van der Waals surface area contributed by atoms with E-state index in [4.69, 9.17) is 0 Å². The number of anilines is 1. The zero-order valence-corrected chi connectivity index (χ0v) is 14.8. The third-order valence-electron chi connectivity index (χ3n) is 5.49. The average Bonchev–Trinajstić information content (AvgIpc) is 3.39. The number of halogens is 3. The van der Waals surface area contributed by atoms with Gasteiger partial charge < -0.3 is 10.2 Å². The van der Waals surface area contributed by atoms with Crippen molar-refractivity contribution in [3.63, 3.8) is 0 Å². The number of pyridine rings is 1. The van der Waals surface area contributed by atoms with Crippen molar-refractivity contribution in [2.24, 2.45) is 11.8 Å². The fraction of sp³-hybridized carbons (Fsp3) is 0.400. The van der Waals surface area contributed by atoms with Crippen LogP contribution in [0.1, 0.15) is 18.4 Å². The predicted molar refractivity (Wildman–Crippen MR) is 96.2 cm³/mol. The average molecular weight is 375 g/mol. The first kappa shape index (κ1) is 17.8. The molecule has 2 amide bonds. The molecule has 1 N–H and O–H groups in total. The second-order valence-electron chi connectivity index (χ2n) is 7.23. The summed E-state index contributed by atoms with van der Waals surface area (Å²) in [6.07, 6.45) is -1.41. The van der Waals surface area contributed by atoms with E-state index in [-0.39, 0.29) is 0 Å². The number of aryl methyl sites for hydroxylation is 1. The van der Waals surface area contributed by atoms with Crippen molar-refractivity contribution in [2.75, 3.05) is 11.9 Å². The second kappa shape index (κ2) is 6.55. The molecule has 1 aromatic carbocycles. The largest absolute Gasteiger partial charge is 0.394 e. The predicted octanol–water partition coefficient (Wildman–Crippen LogP) is 4.86. The van der Waals surface area contributed by atoms with E-state index in [0.29, 0.717) is 25.1 Å². The molecule has 2 heterocycles. The van der Waals surface area contributed by atoms with Crippen molar-refractivity contribution in [3.05, 3.63) is 48.2 Å². The standard InChI is InChI=1S/C20H20F3N3O/c1-12-7-8-13(11-15(12)16-6-2-3-9-24-16)25-19(27)26-10-4-5-14-17(18(14)26)20(21,22)23/h2-3,6-9,11,14,17-18H,4-5,10H2,1H3,(H,25,27)/t14-,17-,18-/m1/s1. The number of carbonyl (C=O) groups is 1. The normalized spacial score (nSPS) is 24.3. The van der Waals surface area contributed by atoms with E-state index in [0.717, 1.165) is 16.8 Å². The van der Waals surface area contributed by atoms with Gasteiger partial charge in [-0.1, -0.05) is 12.1 Å². The van der Waals surface area contributed by atoms with Crippen LogP contribution in [0.3, 0.4) is 0 Å². The van der Waals surface area contributed by atoms with Crippen LogP contribution in [0.4, 0.5) is 23.7 Å². The second-order valence-corrected chi connectivity index (χ2v) is 7.23. The van der Waals surface area contributed by atoms with Crippen LogP contribution in [0.15, 0.2) is 42.6 Å². The van der Waals surface area contributed by atoms with Gasteiger partial charge in [0.15, 0.2) is 0 Å². The van der Waals surface area contributed by atoms with Gasteiger partial charge in [0.2, 0.25) is 0 Å². The van der Waals surface area contributed by atoms with Crippen LogP contribution >= 0.6 is 0 Å². The summed E-state index contributed by atoms with van der Waals surface area (Å²) in [6, 6.07) is 9.83. The first-order chi connectivity index (χ1) is 12.9. The van der Waals surface area contributed by atoms with Crippen LogP contribution in [0, 0.1) is 18.8 Å². The van der Waals surface area contributed by atoms with E-state index >= 15 is 0 Å². The Morgan fingerprint density at radius 1 is 1.26 bits per heavy atom. The van der Waals surface area contributed by atoms with Gasteiger partial charge in [0.05, 0.1) is 11.6 Å². The smallest absolute Gasteiger partial charge is 0.321 e. The quantitative estimate of drug-likeness (QED) is 0.815. The van der Waals surface area contributed by atoms with Crippen LogP contribution in [-0.4, -0.2) is 34.7 Å². The van der Waals surface area contributed by atoms with Gasteiger partial charge in [-0.25, -0.2) is 4.79 Å². The van der Waals surface area contributed by atoms with Crippen molar-refractivity contribution < 1.29 is 18.0 Å². The van der Waals surface area contributed by atoms with Gasteiger partial charge in [0, 0.05) is 30.0 Å². The fourth-order valence-corrected chi connectivity index (χ4v) is 4.14. The Balaban J connectivity index is 1.52. The van der Waals surface area contributed by atoms with Gasteiger partial charge in [0.1, 0.15) is 0 Å². The molecule has 1 aliphatic carbocycles. The molecule has 1 aromatic heterocycles. The van der Waals surface area contributed by atoms with Crippen molar-refractivity contribution in [2.45, 2.75) is 32.0 Å². The monoisotopic (exact) mass is 375 g/mol. The number of alkyl halides is 3. The van der Waals surface area contributed by atoms with Crippen LogP contribution in [0.25, 0.3) is 11.3 Å². The van der Waals surface area contributed by atoms with E-state index in [1.54, 1.807) is 12.3 Å². The lowest BCUT2D eigenvalue weighted by molar-refractivity contribution is -0.153. The number of piperidine rings is 1. The number of hydrogen-bond donors (Lipinski definition) is 1. The molecule has 1 aliphatic heterocycles. The molecule has 142 valence electrons. The molecule has 3 atom stereocenters. The molecule has 2 fully saturated rings. The van der Waals surface area contributed by atoms with Crippen LogP contribution in [-0.2, 0) is 0 Å². The van der Waals surface area contributed by atoms with Gasteiger partial charge >= 0.3 is 12.2 Å². The molecule has 7 heteroatoms. The lowest BCUT2D eigenvalue weighted by atomic mass is 10.0. The van der Waals surface area contributed by atoms with E-state index in [1.807, 2.05) is 37.3 Å². The Morgan fingerprint density at radius 3 is 2.78 bits per heavy atom. The van der Waals surface area contributed by atoms with Gasteiger partial charge in [-0.2, -0.15) is 13.2 Å². The minimum Gasteiger partial charge on any atom is -0.321 e. The Labute approximate surface area is 155 Å². The molecule has 0 radical (unpaired) electrons. The maximum atomic E-state index is 13.1. The van der Waals surface area contributed by atoms with E-state index in [1.165, 1.54) is 4.90 Å². The summed E-state index contributed by atoms with van der Waals surface area (Å²) in [5, 5.41) is 2.77. The summed E-state index contributed by atoms with van der Waals surface area (Å²) in [7, 11) is 0. The molecule has 0 spiro atoms. The van der Waals surface area contributed by atoms with Gasteiger partial charge in [-0.15, -0.1) is 0 Å². The Kier molecular flexibility index (Phi) is 4.32. The summed E-state index contributed by atoms with van der Waals surface area (Å²) >= 11 is 0. The van der Waals surface area contributed by atoms with Crippen LogP contribution < -0.4 is 5.32 Å². The number of likely N-dealkylation sites (tertiary alicyclic amines) is 1. The van der Waals surface area contributed by atoms with Crippen LogP contribution in [0.5, 0.6) is 0 Å². The number of rotatable bonds is 2. The number of hydrogen-bond acceptors (Lipinski definition) is 2. The maximum absolute atomic E-state index is 13.1. The van der Waals surface area contributed by atoms with Crippen molar-refractivity contribution >= 4 is 11.7 Å². The lowest BCUT2D eigenvalue weighted by Gasteiger charge is -2.27. The number of carbonyl (C=O) groups excluding carboxylic acids is 1. The number of amides is 2. The Bertz CT molecular complexity index is 853. The number of aromatic nitrogens is 1. The lowest BCUT2D eigenvalue weighted by Crippen LogP contribution is -2.41. The summed E-state index contributed by atoms with van der Waals surface area (Å²) in [5.74, 6) is -1.83. The molecule has 0 bridgehead atoms. The SMILES string of the molecule is Cc1ccc(NC(=O)N2CCC[C@H]3[C@@H]2[C@@H]3C(F)(F)F)cc1-c1ccccn1. The molecule has 4 rings (SSSR count). The molecule has 1 saturated heterocycles. The van der Waals surface area contributed by atoms with E-state index in [2.05, 4.69) is 10.3 Å². The highest BCUT2D eigenvalue weighted by molar-refractivity contribution is 5.91. The topological polar surface area (TPSA) is 45.2 Å². The van der Waals surface area contributed by atoms with Gasteiger partial charge in [-0.3, -0.25) is 4.98 Å². The summed E-state index contributed by atoms with van der Waals surface area (Å²) in [4.78, 5) is 18.3. The maximum Gasteiger partial charge on any atom is 0.394 e. The third kappa shape index (κ3) is 3.38. The van der Waals surface area contributed by atoms with Crippen molar-refractivity contribution in [3.8, 4) is 11.3 Å². The molecule has 1 saturated carbocycles. The number of nitrogens with one attached hydrogen (secondary N) is 1. The summed E-state index contributed by atoms with van der Waals surface area (Å²) in [5.41, 5.74) is 3.22. The highest BCUT2D eigenvalue weighted by atomic mass is 19.4. The zero-order valence-electron chi connectivity index (χ0n) is 14.8. The molecular weight excluding hydrogens is 355 g/mol. The van der Waals surface area contributed by atoms with Crippen LogP contribution in [0.2, 0.25) is 0 Å². The summed E-state index contributed by atoms with van der Waals surface area (Å²) in [6.45, 7) is 2.31. The summed E-state index contributed by atoms with van der Waals surface area (Å²) < 4.78 is 39.4. The molecule has 0 unspecified atom stereocenters. The van der Waals surface area contributed by atoms with E-state index in [9.17, 15) is 18.0 Å². The molecule has 2 aliphatic rings. The number of urea groups is 1. The number of benzene rings is 1. The molecule has 4 nitrogen and oxygen atoms in total. The van der Waals surface area contributed by atoms with Crippen molar-refractivity contribution in [1.82, 2.24) is 9.88 Å². The first-order valence-corrected chi connectivity index (χ1v) is 9.02. The zero-order chi connectivity index (χ0) is 19.2. The Hall–Kier alpha value is -2.57.